The van der Waals surface area contributed by atoms with Gasteiger partial charge in [-0.25, -0.2) is 13.2 Å². The molecule has 0 saturated heterocycles. The highest BCUT2D eigenvalue weighted by Crippen LogP contribution is 2.13. The summed E-state index contributed by atoms with van der Waals surface area (Å²) in [6, 6.07) is 9.16. The highest BCUT2D eigenvalue weighted by molar-refractivity contribution is 5.94. The molecule has 2 aromatic carbocycles. The number of hydrogen-bond donors (Lipinski definition) is 1. The Morgan fingerprint density at radius 1 is 1.10 bits per heavy atom. The van der Waals surface area contributed by atoms with E-state index < -0.39 is 23.4 Å². The van der Waals surface area contributed by atoms with Gasteiger partial charge in [-0.2, -0.15) is 0 Å². The Labute approximate surface area is 120 Å². The van der Waals surface area contributed by atoms with Crippen LogP contribution in [-0.2, 0) is 6.42 Å². The summed E-state index contributed by atoms with van der Waals surface area (Å²) >= 11 is 0. The fourth-order valence-electron chi connectivity index (χ4n) is 1.98. The first kappa shape index (κ1) is 15.1. The Balaban J connectivity index is 1.96. The summed E-state index contributed by atoms with van der Waals surface area (Å²) in [6.45, 7) is 2.29. The van der Waals surface area contributed by atoms with Crippen LogP contribution in [0.1, 0.15) is 21.5 Å². The van der Waals surface area contributed by atoms with Crippen molar-refractivity contribution in [2.45, 2.75) is 13.3 Å². The molecule has 0 spiro atoms. The molecular formula is C16H14F3NO. The zero-order chi connectivity index (χ0) is 15.4. The molecule has 2 nitrogen and oxygen atoms in total. The zero-order valence-electron chi connectivity index (χ0n) is 11.4. The molecule has 5 heteroatoms. The molecule has 1 amide bonds. The standard InChI is InChI=1S/C16H14F3NO/c1-10-3-2-4-11(7-10)5-6-20-16(21)12-8-13(17)15(19)14(18)9-12/h2-4,7-9H,5-6H2,1H3,(H,20,21). The smallest absolute Gasteiger partial charge is 0.251 e. The molecule has 0 unspecified atom stereocenters. The number of amides is 1. The molecule has 0 atom stereocenters. The molecule has 0 radical (unpaired) electrons. The number of aryl methyl sites for hydroxylation is 1. The summed E-state index contributed by atoms with van der Waals surface area (Å²) in [5, 5.41) is 2.55. The summed E-state index contributed by atoms with van der Waals surface area (Å²) in [5.41, 5.74) is 1.92. The third kappa shape index (κ3) is 3.84. The van der Waals surface area contributed by atoms with Crippen LogP contribution in [0.5, 0.6) is 0 Å². The van der Waals surface area contributed by atoms with Gasteiger partial charge in [-0.05, 0) is 31.0 Å². The van der Waals surface area contributed by atoms with E-state index in [1.165, 1.54) is 0 Å². The summed E-state index contributed by atoms with van der Waals surface area (Å²) in [4.78, 5) is 11.8. The van der Waals surface area contributed by atoms with Crippen molar-refractivity contribution in [3.8, 4) is 0 Å². The largest absolute Gasteiger partial charge is 0.352 e. The van der Waals surface area contributed by atoms with Crippen LogP contribution in [-0.4, -0.2) is 12.5 Å². The highest BCUT2D eigenvalue weighted by Gasteiger charge is 2.14. The van der Waals surface area contributed by atoms with Crippen molar-refractivity contribution in [2.75, 3.05) is 6.54 Å². The van der Waals surface area contributed by atoms with Crippen molar-refractivity contribution in [2.24, 2.45) is 0 Å². The Bertz CT molecular complexity index is 647. The van der Waals surface area contributed by atoms with E-state index in [1.54, 1.807) is 0 Å². The zero-order valence-corrected chi connectivity index (χ0v) is 11.4. The van der Waals surface area contributed by atoms with Gasteiger partial charge in [-0.1, -0.05) is 29.8 Å². The van der Waals surface area contributed by atoms with Gasteiger partial charge in [0.1, 0.15) is 0 Å². The average molecular weight is 293 g/mol. The molecule has 110 valence electrons. The Morgan fingerprint density at radius 3 is 2.38 bits per heavy atom. The molecule has 0 saturated carbocycles. The molecule has 0 aliphatic heterocycles. The van der Waals surface area contributed by atoms with Crippen LogP contribution < -0.4 is 5.32 Å². The van der Waals surface area contributed by atoms with Crippen LogP contribution in [0, 0.1) is 24.4 Å². The number of rotatable bonds is 4. The minimum atomic E-state index is -1.58. The van der Waals surface area contributed by atoms with Gasteiger partial charge in [-0.3, -0.25) is 4.79 Å². The van der Waals surface area contributed by atoms with Gasteiger partial charge in [0.15, 0.2) is 17.5 Å². The van der Waals surface area contributed by atoms with Crippen molar-refractivity contribution >= 4 is 5.91 Å². The lowest BCUT2D eigenvalue weighted by molar-refractivity contribution is 0.0953. The van der Waals surface area contributed by atoms with E-state index in [9.17, 15) is 18.0 Å². The number of halogens is 3. The number of carbonyl (C=O) groups excluding carboxylic acids is 1. The normalized spacial score (nSPS) is 10.5. The van der Waals surface area contributed by atoms with Crippen LogP contribution in [0.3, 0.4) is 0 Å². The van der Waals surface area contributed by atoms with E-state index in [4.69, 9.17) is 0 Å². The summed E-state index contributed by atoms with van der Waals surface area (Å²) in [5.74, 6) is -4.97. The van der Waals surface area contributed by atoms with Crippen molar-refractivity contribution in [1.82, 2.24) is 5.32 Å². The van der Waals surface area contributed by atoms with E-state index in [0.29, 0.717) is 25.1 Å². The summed E-state index contributed by atoms with van der Waals surface area (Å²) in [6.07, 6.45) is 0.597. The van der Waals surface area contributed by atoms with Gasteiger partial charge in [0.25, 0.3) is 5.91 Å². The molecule has 0 heterocycles. The summed E-state index contributed by atoms with van der Waals surface area (Å²) < 4.78 is 38.9. The van der Waals surface area contributed by atoms with Gasteiger partial charge in [0.05, 0.1) is 0 Å². The van der Waals surface area contributed by atoms with Gasteiger partial charge < -0.3 is 5.32 Å². The monoisotopic (exact) mass is 293 g/mol. The van der Waals surface area contributed by atoms with Crippen LogP contribution in [0.4, 0.5) is 13.2 Å². The van der Waals surface area contributed by atoms with Crippen molar-refractivity contribution in [1.29, 1.82) is 0 Å². The van der Waals surface area contributed by atoms with Gasteiger partial charge in [0, 0.05) is 12.1 Å². The number of benzene rings is 2. The Morgan fingerprint density at radius 2 is 1.76 bits per heavy atom. The van der Waals surface area contributed by atoms with Crippen LogP contribution in [0.15, 0.2) is 36.4 Å². The molecule has 21 heavy (non-hydrogen) atoms. The van der Waals surface area contributed by atoms with Crippen LogP contribution >= 0.6 is 0 Å². The number of hydrogen-bond acceptors (Lipinski definition) is 1. The number of carbonyl (C=O) groups is 1. The maximum Gasteiger partial charge on any atom is 0.251 e. The molecule has 0 aliphatic rings. The third-order valence-corrected chi connectivity index (χ3v) is 3.03. The van der Waals surface area contributed by atoms with E-state index in [1.807, 2.05) is 31.2 Å². The fourth-order valence-corrected chi connectivity index (χ4v) is 1.98. The molecular weight excluding hydrogens is 279 g/mol. The first-order valence-corrected chi connectivity index (χ1v) is 6.45. The van der Waals surface area contributed by atoms with Gasteiger partial charge in [-0.15, -0.1) is 0 Å². The molecule has 1 N–H and O–H groups in total. The molecule has 0 aromatic heterocycles. The lowest BCUT2D eigenvalue weighted by Crippen LogP contribution is -2.26. The molecule has 2 rings (SSSR count). The van der Waals surface area contributed by atoms with Crippen molar-refractivity contribution < 1.29 is 18.0 Å². The first-order valence-electron chi connectivity index (χ1n) is 6.45. The lowest BCUT2D eigenvalue weighted by Gasteiger charge is -2.07. The second-order valence-corrected chi connectivity index (χ2v) is 4.75. The van der Waals surface area contributed by atoms with Crippen molar-refractivity contribution in [3.05, 3.63) is 70.5 Å². The molecule has 0 fully saturated rings. The van der Waals surface area contributed by atoms with E-state index in [2.05, 4.69) is 5.32 Å². The van der Waals surface area contributed by atoms with Crippen molar-refractivity contribution in [3.63, 3.8) is 0 Å². The predicted octanol–water partition coefficient (Wildman–Crippen LogP) is 3.38. The van der Waals surface area contributed by atoms with Gasteiger partial charge >= 0.3 is 0 Å². The minimum Gasteiger partial charge on any atom is -0.352 e. The Hall–Kier alpha value is -2.30. The van der Waals surface area contributed by atoms with Crippen LogP contribution in [0.2, 0.25) is 0 Å². The highest BCUT2D eigenvalue weighted by atomic mass is 19.2. The van der Waals surface area contributed by atoms with Gasteiger partial charge in [0.2, 0.25) is 0 Å². The average Bonchev–Trinajstić information content (AvgIpc) is 2.44. The summed E-state index contributed by atoms with van der Waals surface area (Å²) in [7, 11) is 0. The van der Waals surface area contributed by atoms with E-state index in [-0.39, 0.29) is 5.56 Å². The SMILES string of the molecule is Cc1cccc(CCNC(=O)c2cc(F)c(F)c(F)c2)c1. The maximum absolute atomic E-state index is 13.0. The number of nitrogens with one attached hydrogen (secondary N) is 1. The second-order valence-electron chi connectivity index (χ2n) is 4.75. The van der Waals surface area contributed by atoms with E-state index >= 15 is 0 Å². The maximum atomic E-state index is 13.0. The topological polar surface area (TPSA) is 29.1 Å². The second kappa shape index (κ2) is 6.43. The predicted molar refractivity (Wildman–Crippen MR) is 73.5 cm³/mol. The third-order valence-electron chi connectivity index (χ3n) is 3.03. The lowest BCUT2D eigenvalue weighted by atomic mass is 10.1. The Kier molecular flexibility index (Phi) is 4.62. The minimum absolute atomic E-state index is 0.240. The van der Waals surface area contributed by atoms with Crippen LogP contribution in [0.25, 0.3) is 0 Å². The first-order chi connectivity index (χ1) is 9.97. The van der Waals surface area contributed by atoms with E-state index in [0.717, 1.165) is 11.1 Å². The molecule has 0 bridgehead atoms. The molecule has 0 aliphatic carbocycles. The quantitative estimate of drug-likeness (QED) is 0.860. The fraction of sp³-hybridized carbons (Fsp3) is 0.188. The molecule has 2 aromatic rings.